The van der Waals surface area contributed by atoms with E-state index in [-0.39, 0.29) is 11.9 Å². The van der Waals surface area contributed by atoms with Crippen LogP contribution in [-0.2, 0) is 4.74 Å². The van der Waals surface area contributed by atoms with Crippen molar-refractivity contribution in [2.45, 2.75) is 25.4 Å². The van der Waals surface area contributed by atoms with Gasteiger partial charge in [-0.2, -0.15) is 0 Å². The van der Waals surface area contributed by atoms with Gasteiger partial charge in [0, 0.05) is 23.7 Å². The second-order valence-electron chi connectivity index (χ2n) is 5.12. The molecule has 1 fully saturated rings. The summed E-state index contributed by atoms with van der Waals surface area (Å²) in [6, 6.07) is 7.10. The Bertz CT molecular complexity index is 430. The summed E-state index contributed by atoms with van der Waals surface area (Å²) >= 11 is 5.90. The Morgan fingerprint density at radius 3 is 3.00 bits per heavy atom. The zero-order valence-corrected chi connectivity index (χ0v) is 12.0. The van der Waals surface area contributed by atoms with Crippen LogP contribution in [0.2, 0.25) is 5.02 Å². The number of carbonyl (C=O) groups excluding carboxylic acids is 1. The number of rotatable bonds is 5. The number of hydrogen-bond acceptors (Lipinski definition) is 3. The first kappa shape index (κ1) is 14.5. The van der Waals surface area contributed by atoms with E-state index >= 15 is 0 Å². The molecule has 1 aromatic carbocycles. The van der Waals surface area contributed by atoms with Crippen LogP contribution in [0.5, 0.6) is 0 Å². The molecule has 1 saturated heterocycles. The summed E-state index contributed by atoms with van der Waals surface area (Å²) in [5, 5.41) is 0.601. The number of halogens is 1. The predicted molar refractivity (Wildman–Crippen MR) is 76.9 cm³/mol. The van der Waals surface area contributed by atoms with E-state index in [2.05, 4.69) is 0 Å². The van der Waals surface area contributed by atoms with Gasteiger partial charge >= 0.3 is 0 Å². The maximum Gasteiger partial charge on any atom is 0.176 e. The molecule has 0 bridgehead atoms. The number of nitrogens with zero attached hydrogens (tertiary/aromatic N) is 1. The molecule has 1 atom stereocenters. The number of benzene rings is 1. The van der Waals surface area contributed by atoms with Crippen LogP contribution in [0.25, 0.3) is 0 Å². The lowest BCUT2D eigenvalue weighted by molar-refractivity contribution is -0.000668. The van der Waals surface area contributed by atoms with E-state index in [1.54, 1.807) is 24.3 Å². The van der Waals surface area contributed by atoms with Gasteiger partial charge in [0.1, 0.15) is 0 Å². The first-order chi connectivity index (χ1) is 9.15. The van der Waals surface area contributed by atoms with Crippen LogP contribution in [0.4, 0.5) is 0 Å². The van der Waals surface area contributed by atoms with E-state index in [0.717, 1.165) is 26.0 Å². The quantitative estimate of drug-likeness (QED) is 0.777. The van der Waals surface area contributed by atoms with Crippen molar-refractivity contribution in [3.8, 4) is 0 Å². The molecule has 2 rings (SSSR count). The normalized spacial score (nSPS) is 19.6. The zero-order chi connectivity index (χ0) is 13.7. The third-order valence-electron chi connectivity index (χ3n) is 3.35. The summed E-state index contributed by atoms with van der Waals surface area (Å²) in [6.45, 7) is 2.06. The van der Waals surface area contributed by atoms with Gasteiger partial charge in [-0.3, -0.25) is 9.69 Å². The van der Waals surface area contributed by atoms with E-state index < -0.39 is 0 Å². The molecule has 1 aromatic rings. The third-order valence-corrected chi connectivity index (χ3v) is 3.58. The van der Waals surface area contributed by atoms with Crippen molar-refractivity contribution in [1.29, 1.82) is 0 Å². The van der Waals surface area contributed by atoms with Crippen LogP contribution in [0, 0.1) is 0 Å². The number of likely N-dealkylation sites (N-methyl/N-ethyl adjacent to an activating group) is 1. The Morgan fingerprint density at radius 2 is 2.32 bits per heavy atom. The molecule has 0 aliphatic carbocycles. The minimum atomic E-state index is 0.0980. The van der Waals surface area contributed by atoms with E-state index in [9.17, 15) is 4.79 Å². The average Bonchev–Trinajstić information content (AvgIpc) is 2.39. The standard InChI is InChI=1S/C15H20ClNO2/c1-17(10-14-7-2-3-8-19-14)11-15(18)12-5-4-6-13(16)9-12/h4-6,9,14H,2-3,7-8,10-11H2,1H3. The fourth-order valence-electron chi connectivity index (χ4n) is 2.36. The lowest BCUT2D eigenvalue weighted by Crippen LogP contribution is -2.36. The van der Waals surface area contributed by atoms with Crippen molar-refractivity contribution < 1.29 is 9.53 Å². The fourth-order valence-corrected chi connectivity index (χ4v) is 2.55. The number of ketones is 1. The highest BCUT2D eigenvalue weighted by Gasteiger charge is 2.17. The van der Waals surface area contributed by atoms with Gasteiger partial charge in [-0.05, 0) is 38.4 Å². The molecule has 4 heteroatoms. The average molecular weight is 282 g/mol. The van der Waals surface area contributed by atoms with Gasteiger partial charge < -0.3 is 4.74 Å². The summed E-state index contributed by atoms with van der Waals surface area (Å²) in [5.41, 5.74) is 0.670. The van der Waals surface area contributed by atoms with Gasteiger partial charge in [0.2, 0.25) is 0 Å². The monoisotopic (exact) mass is 281 g/mol. The Labute approximate surface area is 119 Å². The molecule has 104 valence electrons. The van der Waals surface area contributed by atoms with Crippen molar-refractivity contribution in [3.05, 3.63) is 34.9 Å². The first-order valence-corrected chi connectivity index (χ1v) is 7.12. The van der Waals surface area contributed by atoms with Gasteiger partial charge in [0.25, 0.3) is 0 Å². The predicted octanol–water partition coefficient (Wildman–Crippen LogP) is 3.02. The van der Waals surface area contributed by atoms with Crippen LogP contribution in [0.1, 0.15) is 29.6 Å². The summed E-state index contributed by atoms with van der Waals surface area (Å²) < 4.78 is 5.68. The number of carbonyl (C=O) groups is 1. The van der Waals surface area contributed by atoms with Crippen LogP contribution >= 0.6 is 11.6 Å². The molecule has 1 heterocycles. The second-order valence-corrected chi connectivity index (χ2v) is 5.56. The Balaban J connectivity index is 1.84. The third kappa shape index (κ3) is 4.60. The van der Waals surface area contributed by atoms with E-state index in [1.165, 1.54) is 6.42 Å². The molecule has 0 radical (unpaired) electrons. The Morgan fingerprint density at radius 1 is 1.47 bits per heavy atom. The Hall–Kier alpha value is -0.900. The molecular formula is C15H20ClNO2. The minimum Gasteiger partial charge on any atom is -0.377 e. The highest BCUT2D eigenvalue weighted by atomic mass is 35.5. The van der Waals surface area contributed by atoms with Crippen molar-refractivity contribution in [2.75, 3.05) is 26.7 Å². The van der Waals surface area contributed by atoms with Crippen LogP contribution < -0.4 is 0 Å². The highest BCUT2D eigenvalue weighted by Crippen LogP contribution is 2.14. The molecule has 19 heavy (non-hydrogen) atoms. The van der Waals surface area contributed by atoms with Crippen LogP contribution in [0.3, 0.4) is 0 Å². The minimum absolute atomic E-state index is 0.0980. The summed E-state index contributed by atoms with van der Waals surface area (Å²) in [5.74, 6) is 0.0980. The maximum absolute atomic E-state index is 12.1. The maximum atomic E-state index is 12.1. The molecule has 0 saturated carbocycles. The van der Waals surface area contributed by atoms with Crippen molar-refractivity contribution in [1.82, 2.24) is 4.90 Å². The SMILES string of the molecule is CN(CC(=O)c1cccc(Cl)c1)CC1CCCCO1. The van der Waals surface area contributed by atoms with E-state index in [0.29, 0.717) is 17.1 Å². The molecule has 1 aliphatic rings. The topological polar surface area (TPSA) is 29.5 Å². The smallest absolute Gasteiger partial charge is 0.176 e. The Kier molecular flexibility index (Phi) is 5.37. The zero-order valence-electron chi connectivity index (χ0n) is 11.3. The fraction of sp³-hybridized carbons (Fsp3) is 0.533. The molecular weight excluding hydrogens is 262 g/mol. The molecule has 0 amide bonds. The summed E-state index contributed by atoms with van der Waals surface area (Å²) in [6.07, 6.45) is 3.74. The molecule has 0 spiro atoms. The second kappa shape index (κ2) is 7.04. The molecule has 0 N–H and O–H groups in total. The number of ether oxygens (including phenoxy) is 1. The van der Waals surface area contributed by atoms with E-state index in [4.69, 9.17) is 16.3 Å². The summed E-state index contributed by atoms with van der Waals surface area (Å²) in [4.78, 5) is 14.1. The van der Waals surface area contributed by atoms with E-state index in [1.807, 2.05) is 11.9 Å². The van der Waals surface area contributed by atoms with Gasteiger partial charge in [-0.25, -0.2) is 0 Å². The first-order valence-electron chi connectivity index (χ1n) is 6.74. The van der Waals surface area contributed by atoms with Gasteiger partial charge in [0.15, 0.2) is 5.78 Å². The summed E-state index contributed by atoms with van der Waals surface area (Å²) in [7, 11) is 1.96. The van der Waals surface area contributed by atoms with Crippen molar-refractivity contribution in [2.24, 2.45) is 0 Å². The largest absolute Gasteiger partial charge is 0.377 e. The van der Waals surface area contributed by atoms with Gasteiger partial charge in [-0.1, -0.05) is 23.7 Å². The number of hydrogen-bond donors (Lipinski definition) is 0. The highest BCUT2D eigenvalue weighted by molar-refractivity contribution is 6.31. The molecule has 3 nitrogen and oxygen atoms in total. The lowest BCUT2D eigenvalue weighted by atomic mass is 10.1. The van der Waals surface area contributed by atoms with Crippen LogP contribution in [0.15, 0.2) is 24.3 Å². The molecule has 1 unspecified atom stereocenters. The molecule has 1 aliphatic heterocycles. The van der Waals surface area contributed by atoms with Crippen LogP contribution in [-0.4, -0.2) is 43.5 Å². The van der Waals surface area contributed by atoms with Gasteiger partial charge in [0.05, 0.1) is 12.6 Å². The van der Waals surface area contributed by atoms with Crippen molar-refractivity contribution in [3.63, 3.8) is 0 Å². The number of Topliss-reactive ketones (excluding diaryl/α,β-unsaturated/α-hetero) is 1. The lowest BCUT2D eigenvalue weighted by Gasteiger charge is -2.27. The van der Waals surface area contributed by atoms with Crippen molar-refractivity contribution >= 4 is 17.4 Å². The van der Waals surface area contributed by atoms with Gasteiger partial charge in [-0.15, -0.1) is 0 Å². The molecule has 0 aromatic heterocycles.